The second-order valence-electron chi connectivity index (χ2n) is 6.16. The molecule has 0 amide bonds. The third-order valence-corrected chi connectivity index (χ3v) is 5.13. The van der Waals surface area contributed by atoms with Crippen molar-refractivity contribution in [2.75, 3.05) is 20.1 Å². The Hall–Kier alpha value is -1.20. The molecule has 1 heterocycles. The highest BCUT2D eigenvalue weighted by Gasteiger charge is 2.31. The van der Waals surface area contributed by atoms with Crippen molar-refractivity contribution in [1.29, 1.82) is 0 Å². The summed E-state index contributed by atoms with van der Waals surface area (Å²) in [6.07, 6.45) is 0.327. The fourth-order valence-electron chi connectivity index (χ4n) is 3.29. The van der Waals surface area contributed by atoms with Crippen LogP contribution in [0.1, 0.15) is 24.1 Å². The number of rotatable bonds is 4. The first-order valence-corrected chi connectivity index (χ1v) is 8.95. The van der Waals surface area contributed by atoms with Gasteiger partial charge in [0.1, 0.15) is 0 Å². The third-order valence-electron chi connectivity index (χ3n) is 4.60. The molecule has 0 radical (unpaired) electrons. The Bertz CT molecular complexity index is 614. The monoisotopic (exact) mass is 373 g/mol. The van der Waals surface area contributed by atoms with Gasteiger partial charge in [0.2, 0.25) is 0 Å². The highest BCUT2D eigenvalue weighted by Crippen LogP contribution is 2.32. The van der Waals surface area contributed by atoms with E-state index in [2.05, 4.69) is 93.0 Å². The van der Waals surface area contributed by atoms with Crippen LogP contribution in [-0.4, -0.2) is 37.2 Å². The minimum atomic E-state index is 0.275. The molecule has 3 rings (SSSR count). The maximum absolute atomic E-state index is 3.56. The largest absolute Gasteiger partial charge is 0.304 e. The number of likely N-dealkylation sites (N-methyl/N-ethyl adjacent to an activating group) is 1. The van der Waals surface area contributed by atoms with E-state index in [4.69, 9.17) is 0 Å². The molecule has 0 bridgehead atoms. The van der Waals surface area contributed by atoms with E-state index in [1.165, 1.54) is 11.1 Å². The van der Waals surface area contributed by atoms with Crippen molar-refractivity contribution in [3.05, 3.63) is 70.2 Å². The zero-order chi connectivity index (χ0) is 16.2. The number of benzene rings is 2. The molecule has 1 aliphatic rings. The Labute approximate surface area is 147 Å². The Morgan fingerprint density at radius 3 is 2.39 bits per heavy atom. The summed E-state index contributed by atoms with van der Waals surface area (Å²) in [5.74, 6) is 0. The quantitative estimate of drug-likeness (QED) is 0.859. The molecule has 2 aromatic carbocycles. The molecule has 3 atom stereocenters. The van der Waals surface area contributed by atoms with Gasteiger partial charge < -0.3 is 5.32 Å². The zero-order valence-corrected chi connectivity index (χ0v) is 15.3. The number of halogens is 1. The van der Waals surface area contributed by atoms with Gasteiger partial charge in [-0.3, -0.25) is 10.2 Å². The molecule has 2 aromatic rings. The summed E-state index contributed by atoms with van der Waals surface area (Å²) in [7, 11) is 2.02. The second-order valence-corrected chi connectivity index (χ2v) is 7.08. The summed E-state index contributed by atoms with van der Waals surface area (Å²) in [6, 6.07) is 20.3. The zero-order valence-electron chi connectivity index (χ0n) is 13.7. The van der Waals surface area contributed by atoms with E-state index in [0.29, 0.717) is 12.2 Å². The molecule has 2 unspecified atom stereocenters. The van der Waals surface area contributed by atoms with Gasteiger partial charge in [-0.2, -0.15) is 0 Å². The Balaban J connectivity index is 1.99. The van der Waals surface area contributed by atoms with Gasteiger partial charge in [-0.05, 0) is 37.2 Å². The van der Waals surface area contributed by atoms with Gasteiger partial charge in [0, 0.05) is 23.6 Å². The fourth-order valence-corrected chi connectivity index (χ4v) is 3.56. The van der Waals surface area contributed by atoms with Crippen LogP contribution in [0.3, 0.4) is 0 Å². The average Bonchev–Trinajstić information content (AvgIpc) is 2.59. The molecule has 122 valence electrons. The summed E-state index contributed by atoms with van der Waals surface area (Å²) >= 11 is 3.55. The first-order valence-electron chi connectivity index (χ1n) is 8.16. The van der Waals surface area contributed by atoms with E-state index in [1.54, 1.807) is 0 Å². The van der Waals surface area contributed by atoms with Crippen molar-refractivity contribution in [3.8, 4) is 0 Å². The first-order chi connectivity index (χ1) is 11.2. The maximum atomic E-state index is 3.56. The molecule has 23 heavy (non-hydrogen) atoms. The molecule has 1 saturated heterocycles. The van der Waals surface area contributed by atoms with Gasteiger partial charge in [0.15, 0.2) is 0 Å². The topological polar surface area (TPSA) is 27.3 Å². The number of nitrogens with one attached hydrogen (secondary N) is 2. The van der Waals surface area contributed by atoms with Crippen LogP contribution in [0.15, 0.2) is 59.1 Å². The standard InChI is InChI=1S/C19H24BrN3/c1-14-12-22-18(21-2)13-23(14)19(15-6-4-3-5-7-15)16-8-10-17(20)11-9-16/h3-11,14,18-19,21-22H,12-13H2,1-2H3/t14?,18-,19?/m0/s1. The molecule has 4 heteroatoms. The van der Waals surface area contributed by atoms with Crippen molar-refractivity contribution >= 4 is 15.9 Å². The summed E-state index contributed by atoms with van der Waals surface area (Å²) in [4.78, 5) is 2.59. The minimum absolute atomic E-state index is 0.275. The second kappa shape index (κ2) is 7.58. The number of piperazine rings is 1. The lowest BCUT2D eigenvalue weighted by Crippen LogP contribution is -2.60. The molecule has 1 aliphatic heterocycles. The van der Waals surface area contributed by atoms with Crippen molar-refractivity contribution in [2.45, 2.75) is 25.2 Å². The van der Waals surface area contributed by atoms with Gasteiger partial charge >= 0.3 is 0 Å². The molecule has 0 aromatic heterocycles. The summed E-state index contributed by atoms with van der Waals surface area (Å²) in [6.45, 7) is 4.27. The van der Waals surface area contributed by atoms with Crippen LogP contribution >= 0.6 is 15.9 Å². The van der Waals surface area contributed by atoms with Gasteiger partial charge in [-0.15, -0.1) is 0 Å². The molecule has 0 aliphatic carbocycles. The molecule has 0 spiro atoms. The highest BCUT2D eigenvalue weighted by atomic mass is 79.9. The summed E-state index contributed by atoms with van der Waals surface area (Å²) < 4.78 is 1.12. The predicted octanol–water partition coefficient (Wildman–Crippen LogP) is 3.38. The van der Waals surface area contributed by atoms with E-state index >= 15 is 0 Å². The van der Waals surface area contributed by atoms with Crippen molar-refractivity contribution < 1.29 is 0 Å². The minimum Gasteiger partial charge on any atom is -0.304 e. The smallest absolute Gasteiger partial charge is 0.0701 e. The van der Waals surface area contributed by atoms with Gasteiger partial charge in [0.25, 0.3) is 0 Å². The van der Waals surface area contributed by atoms with Crippen LogP contribution in [-0.2, 0) is 0 Å². The highest BCUT2D eigenvalue weighted by molar-refractivity contribution is 9.10. The number of hydrogen-bond acceptors (Lipinski definition) is 3. The molecule has 3 nitrogen and oxygen atoms in total. The number of nitrogens with zero attached hydrogens (tertiary/aromatic N) is 1. The molecule has 2 N–H and O–H groups in total. The van der Waals surface area contributed by atoms with E-state index in [1.807, 2.05) is 7.05 Å². The van der Waals surface area contributed by atoms with Crippen LogP contribution in [0.2, 0.25) is 0 Å². The summed E-state index contributed by atoms with van der Waals surface area (Å²) in [5, 5.41) is 6.92. The lowest BCUT2D eigenvalue weighted by atomic mass is 9.94. The molecule has 1 fully saturated rings. The van der Waals surface area contributed by atoms with Crippen LogP contribution in [0.4, 0.5) is 0 Å². The van der Waals surface area contributed by atoms with Crippen LogP contribution < -0.4 is 10.6 Å². The molecule has 0 saturated carbocycles. The first kappa shape index (κ1) is 16.7. The average molecular weight is 374 g/mol. The third kappa shape index (κ3) is 3.83. The predicted molar refractivity (Wildman–Crippen MR) is 99.4 cm³/mol. The van der Waals surface area contributed by atoms with Crippen molar-refractivity contribution in [1.82, 2.24) is 15.5 Å². The fraction of sp³-hybridized carbons (Fsp3) is 0.368. The SMILES string of the molecule is CN[C@@H]1CN(C(c2ccccc2)c2ccc(Br)cc2)C(C)CN1. The van der Waals surface area contributed by atoms with Crippen LogP contribution in [0.5, 0.6) is 0 Å². The molecular weight excluding hydrogens is 350 g/mol. The lowest BCUT2D eigenvalue weighted by molar-refractivity contribution is 0.100. The van der Waals surface area contributed by atoms with Crippen molar-refractivity contribution in [2.24, 2.45) is 0 Å². The Morgan fingerprint density at radius 2 is 1.74 bits per heavy atom. The van der Waals surface area contributed by atoms with Gasteiger partial charge in [-0.25, -0.2) is 0 Å². The van der Waals surface area contributed by atoms with E-state index in [9.17, 15) is 0 Å². The van der Waals surface area contributed by atoms with Gasteiger partial charge in [-0.1, -0.05) is 58.4 Å². The maximum Gasteiger partial charge on any atom is 0.0701 e. The Kier molecular flexibility index (Phi) is 5.49. The van der Waals surface area contributed by atoms with Crippen molar-refractivity contribution in [3.63, 3.8) is 0 Å². The molecular formula is C19H24BrN3. The van der Waals surface area contributed by atoms with Gasteiger partial charge in [0.05, 0.1) is 12.2 Å². The Morgan fingerprint density at radius 1 is 1.09 bits per heavy atom. The van der Waals surface area contributed by atoms with E-state index in [-0.39, 0.29) is 6.04 Å². The lowest BCUT2D eigenvalue weighted by Gasteiger charge is -2.43. The number of hydrogen-bond donors (Lipinski definition) is 2. The summed E-state index contributed by atoms with van der Waals surface area (Å²) in [5.41, 5.74) is 2.68. The van der Waals surface area contributed by atoms with Crippen LogP contribution in [0, 0.1) is 0 Å². The van der Waals surface area contributed by atoms with E-state index < -0.39 is 0 Å². The normalized spacial score (nSPS) is 23.6. The van der Waals surface area contributed by atoms with E-state index in [0.717, 1.165) is 17.6 Å². The van der Waals surface area contributed by atoms with Crippen LogP contribution in [0.25, 0.3) is 0 Å².